The van der Waals surface area contributed by atoms with Crippen molar-refractivity contribution in [3.05, 3.63) is 77.9 Å². The molecule has 4 rings (SSSR count). The zero-order chi connectivity index (χ0) is 18.8. The standard InChI is InChI=1S/C21H17N3O2S/c1-13(23-24-21(26)15-6-2-4-8-18(15)25)14-10-11-20-17(12-14)22-16-7-3-5-9-19(16)27-20/h2-12,22,25H,1H3,(H,24,26)/b23-13-. The van der Waals surface area contributed by atoms with E-state index < -0.39 is 5.91 Å². The molecule has 3 aromatic rings. The number of fused-ring (bicyclic) bond motifs is 2. The summed E-state index contributed by atoms with van der Waals surface area (Å²) in [7, 11) is 0. The maximum absolute atomic E-state index is 12.2. The fourth-order valence-electron chi connectivity index (χ4n) is 2.79. The maximum Gasteiger partial charge on any atom is 0.275 e. The minimum atomic E-state index is -0.451. The number of benzene rings is 3. The molecule has 3 aromatic carbocycles. The van der Waals surface area contributed by atoms with Gasteiger partial charge >= 0.3 is 0 Å². The number of hydrogen-bond donors (Lipinski definition) is 3. The van der Waals surface area contributed by atoms with Gasteiger partial charge in [-0.05, 0) is 48.9 Å². The molecule has 0 aromatic heterocycles. The lowest BCUT2D eigenvalue weighted by molar-refractivity contribution is 0.0952. The topological polar surface area (TPSA) is 73.7 Å². The lowest BCUT2D eigenvalue weighted by Gasteiger charge is -2.21. The molecule has 134 valence electrons. The van der Waals surface area contributed by atoms with Crippen molar-refractivity contribution in [3.8, 4) is 5.75 Å². The van der Waals surface area contributed by atoms with Gasteiger partial charge in [0.05, 0.1) is 22.6 Å². The molecule has 0 atom stereocenters. The Labute approximate surface area is 161 Å². The number of aromatic hydroxyl groups is 1. The van der Waals surface area contributed by atoms with Gasteiger partial charge in [0.2, 0.25) is 0 Å². The Bertz CT molecular complexity index is 1060. The third-order valence-corrected chi connectivity index (χ3v) is 5.40. The van der Waals surface area contributed by atoms with Crippen LogP contribution < -0.4 is 10.7 Å². The highest BCUT2D eigenvalue weighted by molar-refractivity contribution is 7.99. The van der Waals surface area contributed by atoms with E-state index in [-0.39, 0.29) is 11.3 Å². The van der Waals surface area contributed by atoms with Gasteiger partial charge in [0.1, 0.15) is 5.75 Å². The lowest BCUT2D eigenvalue weighted by atomic mass is 10.1. The van der Waals surface area contributed by atoms with E-state index in [1.807, 2.05) is 43.3 Å². The minimum absolute atomic E-state index is 0.0727. The quantitative estimate of drug-likeness (QED) is 0.357. The van der Waals surface area contributed by atoms with E-state index in [2.05, 4.69) is 21.9 Å². The SMILES string of the molecule is C/C(=N/NC(=O)c1ccccc1O)c1ccc2c(c1)Nc1ccccc1S2. The van der Waals surface area contributed by atoms with Crippen molar-refractivity contribution in [3.63, 3.8) is 0 Å². The Morgan fingerprint density at radius 2 is 1.74 bits per heavy atom. The Balaban J connectivity index is 1.53. The van der Waals surface area contributed by atoms with E-state index in [1.165, 1.54) is 11.0 Å². The van der Waals surface area contributed by atoms with Crippen LogP contribution >= 0.6 is 11.8 Å². The summed E-state index contributed by atoms with van der Waals surface area (Å²) in [4.78, 5) is 14.5. The van der Waals surface area contributed by atoms with Crippen LogP contribution in [-0.4, -0.2) is 16.7 Å². The van der Waals surface area contributed by atoms with Crippen molar-refractivity contribution in [1.82, 2.24) is 5.43 Å². The van der Waals surface area contributed by atoms with E-state index in [1.54, 1.807) is 30.0 Å². The van der Waals surface area contributed by atoms with E-state index in [4.69, 9.17) is 0 Å². The number of hydrazone groups is 1. The van der Waals surface area contributed by atoms with Crippen molar-refractivity contribution in [1.29, 1.82) is 0 Å². The van der Waals surface area contributed by atoms with Crippen LogP contribution in [0.3, 0.4) is 0 Å². The number of carbonyl (C=O) groups is 1. The van der Waals surface area contributed by atoms with Crippen molar-refractivity contribution in [2.24, 2.45) is 5.10 Å². The van der Waals surface area contributed by atoms with Crippen LogP contribution in [0.15, 0.2) is 81.6 Å². The maximum atomic E-state index is 12.2. The van der Waals surface area contributed by atoms with Crippen LogP contribution in [0.2, 0.25) is 0 Å². The summed E-state index contributed by atoms with van der Waals surface area (Å²) in [6.07, 6.45) is 0. The first-order valence-electron chi connectivity index (χ1n) is 8.43. The molecule has 3 N–H and O–H groups in total. The summed E-state index contributed by atoms with van der Waals surface area (Å²) in [5.41, 5.74) is 6.35. The minimum Gasteiger partial charge on any atom is -0.507 e. The summed E-state index contributed by atoms with van der Waals surface area (Å²) in [5.74, 6) is -0.524. The van der Waals surface area contributed by atoms with Crippen molar-refractivity contribution < 1.29 is 9.90 Å². The van der Waals surface area contributed by atoms with E-state index in [9.17, 15) is 9.90 Å². The molecule has 0 bridgehead atoms. The van der Waals surface area contributed by atoms with Crippen LogP contribution in [0.5, 0.6) is 5.75 Å². The number of phenols is 1. The second-order valence-electron chi connectivity index (χ2n) is 6.09. The number of nitrogens with zero attached hydrogens (tertiary/aromatic N) is 1. The van der Waals surface area contributed by atoms with Gasteiger partial charge < -0.3 is 10.4 Å². The highest BCUT2D eigenvalue weighted by atomic mass is 32.2. The van der Waals surface area contributed by atoms with Gasteiger partial charge in [0.25, 0.3) is 5.91 Å². The highest BCUT2D eigenvalue weighted by Gasteiger charge is 2.16. The average Bonchev–Trinajstić information content (AvgIpc) is 2.70. The summed E-state index contributed by atoms with van der Waals surface area (Å²) >= 11 is 1.72. The molecule has 1 aliphatic heterocycles. The summed E-state index contributed by atoms with van der Waals surface area (Å²) in [6.45, 7) is 1.83. The summed E-state index contributed by atoms with van der Waals surface area (Å²) in [5, 5.41) is 17.4. The van der Waals surface area contributed by atoms with Gasteiger partial charge in [0.15, 0.2) is 0 Å². The van der Waals surface area contributed by atoms with E-state index in [0.29, 0.717) is 5.71 Å². The largest absolute Gasteiger partial charge is 0.507 e. The number of rotatable bonds is 3. The molecule has 0 spiro atoms. The first kappa shape index (κ1) is 17.2. The summed E-state index contributed by atoms with van der Waals surface area (Å²) in [6, 6.07) is 20.6. The van der Waals surface area contributed by atoms with Gasteiger partial charge in [-0.15, -0.1) is 0 Å². The van der Waals surface area contributed by atoms with Crippen molar-refractivity contribution in [2.45, 2.75) is 16.7 Å². The second kappa shape index (κ2) is 7.17. The Hall–Kier alpha value is -3.25. The second-order valence-corrected chi connectivity index (χ2v) is 7.17. The van der Waals surface area contributed by atoms with Gasteiger partial charge in [-0.1, -0.05) is 42.1 Å². The first-order valence-corrected chi connectivity index (χ1v) is 9.24. The monoisotopic (exact) mass is 375 g/mol. The first-order chi connectivity index (χ1) is 13.1. The molecular formula is C21H17N3O2S. The normalized spacial score (nSPS) is 12.6. The van der Waals surface area contributed by atoms with Crippen LogP contribution in [0.1, 0.15) is 22.8 Å². The lowest BCUT2D eigenvalue weighted by Crippen LogP contribution is -2.19. The number of anilines is 2. The number of hydrogen-bond acceptors (Lipinski definition) is 5. The fraction of sp³-hybridized carbons (Fsp3) is 0.0476. The number of para-hydroxylation sites is 2. The summed E-state index contributed by atoms with van der Waals surface area (Å²) < 4.78 is 0. The molecule has 27 heavy (non-hydrogen) atoms. The molecule has 5 nitrogen and oxygen atoms in total. The molecule has 0 radical (unpaired) electrons. The molecule has 0 saturated heterocycles. The number of phenolic OH excluding ortho intramolecular Hbond substituents is 1. The van der Waals surface area contributed by atoms with Crippen molar-refractivity contribution in [2.75, 3.05) is 5.32 Å². The fourth-order valence-corrected chi connectivity index (χ4v) is 3.76. The molecule has 0 saturated carbocycles. The molecule has 6 heteroatoms. The van der Waals surface area contributed by atoms with Gasteiger partial charge in [-0.3, -0.25) is 4.79 Å². The van der Waals surface area contributed by atoms with E-state index in [0.717, 1.165) is 21.8 Å². The molecule has 1 heterocycles. The van der Waals surface area contributed by atoms with Gasteiger partial charge in [-0.2, -0.15) is 5.10 Å². The molecule has 1 aliphatic rings. The van der Waals surface area contributed by atoms with Crippen molar-refractivity contribution >= 4 is 34.8 Å². The molecular weight excluding hydrogens is 358 g/mol. The number of carbonyl (C=O) groups excluding carboxylic acids is 1. The predicted octanol–water partition coefficient (Wildman–Crippen LogP) is 4.75. The van der Waals surface area contributed by atoms with Crippen LogP contribution in [0, 0.1) is 0 Å². The molecule has 0 fully saturated rings. The van der Waals surface area contributed by atoms with Crippen LogP contribution in [-0.2, 0) is 0 Å². The number of amides is 1. The predicted molar refractivity (Wildman–Crippen MR) is 108 cm³/mol. The average molecular weight is 375 g/mol. The Morgan fingerprint density at radius 1 is 1.00 bits per heavy atom. The number of nitrogens with one attached hydrogen (secondary N) is 2. The third kappa shape index (κ3) is 3.52. The zero-order valence-electron chi connectivity index (χ0n) is 14.6. The van der Waals surface area contributed by atoms with E-state index >= 15 is 0 Å². The third-order valence-electron chi connectivity index (χ3n) is 4.25. The Morgan fingerprint density at radius 3 is 2.59 bits per heavy atom. The molecule has 0 unspecified atom stereocenters. The molecule has 0 aliphatic carbocycles. The Kier molecular flexibility index (Phi) is 4.56. The highest BCUT2D eigenvalue weighted by Crippen LogP contribution is 2.44. The zero-order valence-corrected chi connectivity index (χ0v) is 15.4. The van der Waals surface area contributed by atoms with Gasteiger partial charge in [-0.25, -0.2) is 5.43 Å². The smallest absolute Gasteiger partial charge is 0.275 e. The van der Waals surface area contributed by atoms with Crippen LogP contribution in [0.25, 0.3) is 0 Å². The van der Waals surface area contributed by atoms with Gasteiger partial charge in [0, 0.05) is 9.79 Å². The molecule has 1 amide bonds. The van der Waals surface area contributed by atoms with Crippen LogP contribution in [0.4, 0.5) is 11.4 Å².